The number of urea groups is 1. The highest BCUT2D eigenvalue weighted by atomic mass is 35.5. The van der Waals surface area contributed by atoms with Gasteiger partial charge in [0.05, 0.1) is 17.8 Å². The molecular formula is C12H14ClN3O5. The number of primary amides is 1. The maximum atomic E-state index is 10.5. The smallest absolute Gasteiger partial charge is 0.341 e. The lowest BCUT2D eigenvalue weighted by Gasteiger charge is -2.13. The molecule has 8 nitrogen and oxygen atoms in total. The molecule has 0 heterocycles. The highest BCUT2D eigenvalue weighted by Crippen LogP contribution is 2.36. The maximum absolute atomic E-state index is 10.5. The van der Waals surface area contributed by atoms with Gasteiger partial charge in [-0.1, -0.05) is 11.6 Å². The number of carbonyl (C=O) groups is 2. The van der Waals surface area contributed by atoms with Gasteiger partial charge in [0.2, 0.25) is 0 Å². The molecule has 0 aliphatic carbocycles. The molecule has 0 aliphatic rings. The van der Waals surface area contributed by atoms with Crippen molar-refractivity contribution in [2.24, 2.45) is 10.8 Å². The summed E-state index contributed by atoms with van der Waals surface area (Å²) in [5.74, 6) is -0.738. The van der Waals surface area contributed by atoms with Gasteiger partial charge in [0, 0.05) is 0 Å². The van der Waals surface area contributed by atoms with Crippen LogP contribution < -0.4 is 20.6 Å². The Balaban J connectivity index is 3.02. The van der Waals surface area contributed by atoms with Gasteiger partial charge < -0.3 is 20.3 Å². The highest BCUT2D eigenvalue weighted by molar-refractivity contribution is 6.32. The molecule has 0 radical (unpaired) electrons. The summed E-state index contributed by atoms with van der Waals surface area (Å²) in [6, 6.07) is 2.22. The summed E-state index contributed by atoms with van der Waals surface area (Å²) >= 11 is 6.02. The van der Waals surface area contributed by atoms with Crippen LogP contribution in [0.1, 0.15) is 12.5 Å². The van der Waals surface area contributed by atoms with Crippen molar-refractivity contribution in [3.05, 3.63) is 22.7 Å². The molecule has 0 saturated carbocycles. The third-order valence-corrected chi connectivity index (χ3v) is 2.34. The lowest BCUT2D eigenvalue weighted by molar-refractivity contribution is -0.139. The molecule has 0 aromatic heterocycles. The number of benzene rings is 1. The number of hydrazone groups is 1. The maximum Gasteiger partial charge on any atom is 0.341 e. The first kappa shape index (κ1) is 16.6. The van der Waals surface area contributed by atoms with Crippen molar-refractivity contribution in [2.45, 2.75) is 6.92 Å². The predicted octanol–water partition coefficient (Wildman–Crippen LogP) is 1.20. The molecule has 114 valence electrons. The second-order valence-electron chi connectivity index (χ2n) is 3.68. The summed E-state index contributed by atoms with van der Waals surface area (Å²) in [4.78, 5) is 21.0. The number of halogens is 1. The summed E-state index contributed by atoms with van der Waals surface area (Å²) in [5.41, 5.74) is 7.41. The monoisotopic (exact) mass is 315 g/mol. The number of aliphatic carboxylic acids is 1. The van der Waals surface area contributed by atoms with Crippen molar-refractivity contribution in [1.82, 2.24) is 5.43 Å². The van der Waals surface area contributed by atoms with E-state index < -0.39 is 18.6 Å². The van der Waals surface area contributed by atoms with Crippen molar-refractivity contribution >= 4 is 29.8 Å². The van der Waals surface area contributed by atoms with Crippen molar-refractivity contribution in [1.29, 1.82) is 0 Å². The molecule has 1 rings (SSSR count). The van der Waals surface area contributed by atoms with E-state index in [0.717, 1.165) is 0 Å². The standard InChI is InChI=1S/C12H14ClN3O5/c1-2-20-9-4-7(5-15-16-12(14)19)3-8(13)11(9)21-6-10(17)18/h3-5H,2,6H2,1H3,(H,17,18)(H3,14,16,19)/b15-5+. The van der Waals surface area contributed by atoms with Gasteiger partial charge in [0.25, 0.3) is 0 Å². The number of carbonyl (C=O) groups excluding carboxylic acids is 1. The molecular weight excluding hydrogens is 302 g/mol. The first-order valence-electron chi connectivity index (χ1n) is 5.83. The van der Waals surface area contributed by atoms with E-state index in [2.05, 4.69) is 5.10 Å². The van der Waals surface area contributed by atoms with Crippen molar-refractivity contribution in [3.63, 3.8) is 0 Å². The Morgan fingerprint density at radius 1 is 1.48 bits per heavy atom. The molecule has 0 aliphatic heterocycles. The first-order valence-corrected chi connectivity index (χ1v) is 6.21. The Hall–Kier alpha value is -2.48. The van der Waals surface area contributed by atoms with Gasteiger partial charge in [-0.25, -0.2) is 15.0 Å². The Kier molecular flexibility index (Phi) is 6.28. The molecule has 1 aromatic carbocycles. The predicted molar refractivity (Wildman–Crippen MR) is 76.1 cm³/mol. The van der Waals surface area contributed by atoms with E-state index in [1.807, 2.05) is 5.43 Å². The van der Waals surface area contributed by atoms with Crippen LogP contribution in [0, 0.1) is 0 Å². The zero-order chi connectivity index (χ0) is 15.8. The van der Waals surface area contributed by atoms with E-state index in [0.29, 0.717) is 12.2 Å². The average molecular weight is 316 g/mol. The van der Waals surface area contributed by atoms with Crippen molar-refractivity contribution in [2.75, 3.05) is 13.2 Å². The Morgan fingerprint density at radius 2 is 2.19 bits per heavy atom. The molecule has 1 aromatic rings. The molecule has 0 fully saturated rings. The van der Waals surface area contributed by atoms with Gasteiger partial charge >= 0.3 is 12.0 Å². The van der Waals surface area contributed by atoms with E-state index >= 15 is 0 Å². The molecule has 0 spiro atoms. The normalized spacial score (nSPS) is 10.4. The van der Waals surface area contributed by atoms with Crippen LogP contribution in [0.25, 0.3) is 0 Å². The average Bonchev–Trinajstić information content (AvgIpc) is 2.37. The van der Waals surface area contributed by atoms with Crippen LogP contribution in [0.15, 0.2) is 17.2 Å². The van der Waals surface area contributed by atoms with Gasteiger partial charge in [-0.05, 0) is 24.6 Å². The highest BCUT2D eigenvalue weighted by Gasteiger charge is 2.13. The van der Waals surface area contributed by atoms with Crippen LogP contribution in [0.2, 0.25) is 5.02 Å². The molecule has 21 heavy (non-hydrogen) atoms. The molecule has 2 amide bonds. The number of nitrogens with two attached hydrogens (primary N) is 1. The van der Waals surface area contributed by atoms with E-state index in [1.165, 1.54) is 12.3 Å². The van der Waals surface area contributed by atoms with Crippen molar-refractivity contribution in [3.8, 4) is 11.5 Å². The third-order valence-electron chi connectivity index (χ3n) is 2.06. The lowest BCUT2D eigenvalue weighted by Crippen LogP contribution is -2.24. The number of rotatable bonds is 7. The number of carboxylic acids is 1. The fourth-order valence-corrected chi connectivity index (χ4v) is 1.64. The van der Waals surface area contributed by atoms with Crippen LogP contribution in [-0.2, 0) is 4.79 Å². The van der Waals surface area contributed by atoms with E-state index in [-0.39, 0.29) is 16.5 Å². The summed E-state index contributed by atoms with van der Waals surface area (Å²) in [6.45, 7) is 1.54. The molecule has 0 unspecified atom stereocenters. The van der Waals surface area contributed by atoms with Crippen LogP contribution in [0.4, 0.5) is 4.79 Å². The van der Waals surface area contributed by atoms with E-state index in [9.17, 15) is 9.59 Å². The number of hydrogen-bond donors (Lipinski definition) is 3. The number of carboxylic acid groups (broad SMARTS) is 1. The third kappa shape index (κ3) is 5.57. The molecule has 0 bridgehead atoms. The van der Waals surface area contributed by atoms with Crippen LogP contribution in [0.3, 0.4) is 0 Å². The van der Waals surface area contributed by atoms with Gasteiger partial charge in [0.15, 0.2) is 18.1 Å². The Bertz CT molecular complexity index is 562. The van der Waals surface area contributed by atoms with Crippen LogP contribution in [0.5, 0.6) is 11.5 Å². The SMILES string of the molecule is CCOc1cc(/C=N/NC(N)=O)cc(Cl)c1OCC(=O)O. The Labute approximate surface area is 125 Å². The fourth-order valence-electron chi connectivity index (χ4n) is 1.37. The molecule has 0 saturated heterocycles. The minimum Gasteiger partial charge on any atom is -0.490 e. The molecule has 4 N–H and O–H groups in total. The minimum absolute atomic E-state index is 0.126. The minimum atomic E-state index is -1.13. The number of hydrogen-bond acceptors (Lipinski definition) is 5. The first-order chi connectivity index (χ1) is 9.93. The van der Waals surface area contributed by atoms with Gasteiger partial charge in [-0.3, -0.25) is 0 Å². The lowest BCUT2D eigenvalue weighted by atomic mass is 10.2. The zero-order valence-corrected chi connectivity index (χ0v) is 11.9. The van der Waals surface area contributed by atoms with Gasteiger partial charge in [-0.15, -0.1) is 0 Å². The molecule has 0 atom stereocenters. The fraction of sp³-hybridized carbons (Fsp3) is 0.250. The largest absolute Gasteiger partial charge is 0.490 e. The second kappa shape index (κ2) is 7.95. The zero-order valence-electron chi connectivity index (χ0n) is 11.1. The van der Waals surface area contributed by atoms with Crippen LogP contribution >= 0.6 is 11.6 Å². The van der Waals surface area contributed by atoms with Crippen LogP contribution in [-0.4, -0.2) is 36.5 Å². The van der Waals surface area contributed by atoms with E-state index in [1.54, 1.807) is 13.0 Å². The number of amides is 2. The number of nitrogens with zero attached hydrogens (tertiary/aromatic N) is 1. The van der Waals surface area contributed by atoms with E-state index in [4.69, 9.17) is 31.9 Å². The summed E-state index contributed by atoms with van der Waals surface area (Å²) in [5, 5.41) is 12.4. The van der Waals surface area contributed by atoms with Gasteiger partial charge in [-0.2, -0.15) is 5.10 Å². The number of nitrogens with one attached hydrogen (secondary N) is 1. The van der Waals surface area contributed by atoms with Gasteiger partial charge in [0.1, 0.15) is 0 Å². The summed E-state index contributed by atoms with van der Waals surface area (Å²) in [7, 11) is 0. The summed E-state index contributed by atoms with van der Waals surface area (Å²) in [6.07, 6.45) is 1.31. The quantitative estimate of drug-likeness (QED) is 0.515. The molecule has 9 heteroatoms. The topological polar surface area (TPSA) is 123 Å². The van der Waals surface area contributed by atoms with Crippen molar-refractivity contribution < 1.29 is 24.2 Å². The Morgan fingerprint density at radius 3 is 2.76 bits per heavy atom. The number of ether oxygens (including phenoxy) is 2. The summed E-state index contributed by atoms with van der Waals surface area (Å²) < 4.78 is 10.4. The second-order valence-corrected chi connectivity index (χ2v) is 4.09.